The summed E-state index contributed by atoms with van der Waals surface area (Å²) in [7, 11) is 1.58. The van der Waals surface area contributed by atoms with Gasteiger partial charge in [-0.05, 0) is 24.6 Å². The molecule has 1 aromatic carbocycles. The second-order valence-corrected chi connectivity index (χ2v) is 4.03. The van der Waals surface area contributed by atoms with E-state index in [1.54, 1.807) is 13.2 Å². The van der Waals surface area contributed by atoms with E-state index in [0.29, 0.717) is 11.4 Å². The minimum atomic E-state index is -0.196. The van der Waals surface area contributed by atoms with Crippen LogP contribution in [0.2, 0.25) is 0 Å². The van der Waals surface area contributed by atoms with Crippen LogP contribution in [-0.4, -0.2) is 33.3 Å². The molecule has 0 atom stereocenters. The van der Waals surface area contributed by atoms with E-state index >= 15 is 0 Å². The van der Waals surface area contributed by atoms with E-state index in [9.17, 15) is 4.39 Å². The van der Waals surface area contributed by atoms with Crippen molar-refractivity contribution in [1.29, 1.82) is 0 Å². The fraction of sp³-hybridized carbons (Fsp3) is 0.500. The summed E-state index contributed by atoms with van der Waals surface area (Å²) in [6.07, 6.45) is 0. The van der Waals surface area contributed by atoms with Crippen LogP contribution in [0, 0.1) is 12.7 Å². The number of nitrogens with zero attached hydrogens (tertiary/aromatic N) is 1. The zero-order valence-corrected chi connectivity index (χ0v) is 9.72. The SMILES string of the molecule is COc1cc(C)cc(F)c1N1CCNCC1. The van der Waals surface area contributed by atoms with E-state index < -0.39 is 0 Å². The molecule has 1 aromatic rings. The lowest BCUT2D eigenvalue weighted by molar-refractivity contribution is 0.408. The quantitative estimate of drug-likeness (QED) is 0.825. The maximum Gasteiger partial charge on any atom is 0.150 e. The summed E-state index contributed by atoms with van der Waals surface area (Å²) in [6.45, 7) is 5.27. The molecule has 1 saturated heterocycles. The van der Waals surface area contributed by atoms with Crippen LogP contribution in [0.1, 0.15) is 5.56 Å². The van der Waals surface area contributed by atoms with Crippen molar-refractivity contribution in [2.75, 3.05) is 38.2 Å². The summed E-state index contributed by atoms with van der Waals surface area (Å²) in [5.74, 6) is 0.429. The Morgan fingerprint density at radius 1 is 1.31 bits per heavy atom. The van der Waals surface area contributed by atoms with Gasteiger partial charge < -0.3 is 15.0 Å². The zero-order chi connectivity index (χ0) is 11.5. The van der Waals surface area contributed by atoms with Crippen LogP contribution in [-0.2, 0) is 0 Å². The average molecular weight is 224 g/mol. The number of ether oxygens (including phenoxy) is 1. The van der Waals surface area contributed by atoms with Crippen LogP contribution in [0.3, 0.4) is 0 Å². The monoisotopic (exact) mass is 224 g/mol. The second kappa shape index (κ2) is 4.70. The number of anilines is 1. The van der Waals surface area contributed by atoms with Gasteiger partial charge in [0.25, 0.3) is 0 Å². The van der Waals surface area contributed by atoms with Gasteiger partial charge in [0.15, 0.2) is 5.82 Å². The molecular weight excluding hydrogens is 207 g/mol. The highest BCUT2D eigenvalue weighted by atomic mass is 19.1. The lowest BCUT2D eigenvalue weighted by Gasteiger charge is -2.31. The number of nitrogens with one attached hydrogen (secondary N) is 1. The number of piperazine rings is 1. The molecule has 1 N–H and O–H groups in total. The first kappa shape index (κ1) is 11.2. The molecule has 0 bridgehead atoms. The summed E-state index contributed by atoms with van der Waals surface area (Å²) in [5.41, 5.74) is 1.47. The topological polar surface area (TPSA) is 24.5 Å². The molecule has 1 heterocycles. The largest absolute Gasteiger partial charge is 0.494 e. The van der Waals surface area contributed by atoms with Gasteiger partial charge in [0.1, 0.15) is 11.4 Å². The van der Waals surface area contributed by atoms with Crippen molar-refractivity contribution in [1.82, 2.24) is 5.32 Å². The van der Waals surface area contributed by atoms with Crippen molar-refractivity contribution in [2.45, 2.75) is 6.92 Å². The Morgan fingerprint density at radius 2 is 2.00 bits per heavy atom. The van der Waals surface area contributed by atoms with Crippen LogP contribution in [0.25, 0.3) is 0 Å². The van der Waals surface area contributed by atoms with Crippen molar-refractivity contribution in [3.63, 3.8) is 0 Å². The van der Waals surface area contributed by atoms with Gasteiger partial charge >= 0.3 is 0 Å². The smallest absolute Gasteiger partial charge is 0.150 e. The molecule has 0 saturated carbocycles. The molecule has 2 rings (SSSR count). The Bertz CT molecular complexity index is 376. The van der Waals surface area contributed by atoms with Gasteiger partial charge in [-0.15, -0.1) is 0 Å². The molecule has 0 spiro atoms. The van der Waals surface area contributed by atoms with Gasteiger partial charge in [0, 0.05) is 26.2 Å². The molecule has 0 aromatic heterocycles. The molecule has 4 heteroatoms. The normalized spacial score (nSPS) is 16.3. The van der Waals surface area contributed by atoms with Crippen LogP contribution in [0.5, 0.6) is 5.75 Å². The fourth-order valence-corrected chi connectivity index (χ4v) is 2.05. The third-order valence-corrected chi connectivity index (χ3v) is 2.83. The zero-order valence-electron chi connectivity index (χ0n) is 9.72. The van der Waals surface area contributed by atoms with Crippen LogP contribution in [0.4, 0.5) is 10.1 Å². The minimum Gasteiger partial charge on any atom is -0.494 e. The number of methoxy groups -OCH3 is 1. The lowest BCUT2D eigenvalue weighted by atomic mass is 10.1. The molecule has 0 radical (unpaired) electrons. The molecule has 3 nitrogen and oxygen atoms in total. The number of halogens is 1. The summed E-state index contributed by atoms with van der Waals surface area (Å²) < 4.78 is 19.2. The first-order chi connectivity index (χ1) is 7.72. The molecule has 0 amide bonds. The predicted octanol–water partition coefficient (Wildman–Crippen LogP) is 1.55. The van der Waals surface area contributed by atoms with E-state index in [1.807, 2.05) is 17.9 Å². The summed E-state index contributed by atoms with van der Waals surface area (Å²) in [5, 5.41) is 3.25. The molecule has 0 unspecified atom stereocenters. The van der Waals surface area contributed by atoms with Crippen molar-refractivity contribution < 1.29 is 9.13 Å². The first-order valence-corrected chi connectivity index (χ1v) is 5.52. The number of hydrogen-bond donors (Lipinski definition) is 1. The molecule has 16 heavy (non-hydrogen) atoms. The van der Waals surface area contributed by atoms with E-state index in [1.165, 1.54) is 0 Å². The standard InChI is InChI=1S/C12H17FN2O/c1-9-7-10(13)12(11(8-9)16-2)15-5-3-14-4-6-15/h7-8,14H,3-6H2,1-2H3. The molecule has 1 aliphatic heterocycles. The van der Waals surface area contributed by atoms with Gasteiger partial charge in [-0.1, -0.05) is 0 Å². The van der Waals surface area contributed by atoms with E-state index in [2.05, 4.69) is 5.32 Å². The van der Waals surface area contributed by atoms with E-state index in [4.69, 9.17) is 4.74 Å². The summed E-state index contributed by atoms with van der Waals surface area (Å²) in [6, 6.07) is 3.43. The highest BCUT2D eigenvalue weighted by Gasteiger charge is 2.19. The number of aryl methyl sites for hydroxylation is 1. The number of benzene rings is 1. The average Bonchev–Trinajstić information content (AvgIpc) is 2.29. The second-order valence-electron chi connectivity index (χ2n) is 4.03. The van der Waals surface area contributed by atoms with Crippen molar-refractivity contribution >= 4 is 5.69 Å². The Morgan fingerprint density at radius 3 is 2.62 bits per heavy atom. The van der Waals surface area contributed by atoms with Gasteiger partial charge in [0.2, 0.25) is 0 Å². The molecule has 0 aliphatic carbocycles. The summed E-state index contributed by atoms with van der Waals surface area (Å²) >= 11 is 0. The van der Waals surface area contributed by atoms with E-state index in [0.717, 1.165) is 31.7 Å². The van der Waals surface area contributed by atoms with Crippen LogP contribution >= 0.6 is 0 Å². The van der Waals surface area contributed by atoms with Crippen LogP contribution in [0.15, 0.2) is 12.1 Å². The van der Waals surface area contributed by atoms with E-state index in [-0.39, 0.29) is 5.82 Å². The maximum absolute atomic E-state index is 13.9. The lowest BCUT2D eigenvalue weighted by Crippen LogP contribution is -2.44. The van der Waals surface area contributed by atoms with Crippen molar-refractivity contribution in [2.24, 2.45) is 0 Å². The number of rotatable bonds is 2. The minimum absolute atomic E-state index is 0.196. The Balaban J connectivity index is 2.37. The van der Waals surface area contributed by atoms with Gasteiger partial charge in [-0.25, -0.2) is 4.39 Å². The summed E-state index contributed by atoms with van der Waals surface area (Å²) in [4.78, 5) is 2.03. The van der Waals surface area contributed by atoms with Crippen molar-refractivity contribution in [3.05, 3.63) is 23.5 Å². The molecular formula is C12H17FN2O. The third-order valence-electron chi connectivity index (χ3n) is 2.83. The third kappa shape index (κ3) is 2.11. The molecule has 88 valence electrons. The van der Waals surface area contributed by atoms with Crippen molar-refractivity contribution in [3.8, 4) is 5.75 Å². The Kier molecular flexibility index (Phi) is 3.29. The Labute approximate surface area is 95.2 Å². The maximum atomic E-state index is 13.9. The van der Waals surface area contributed by atoms with Gasteiger partial charge in [-0.3, -0.25) is 0 Å². The number of hydrogen-bond acceptors (Lipinski definition) is 3. The Hall–Kier alpha value is -1.29. The molecule has 1 aliphatic rings. The molecule has 1 fully saturated rings. The first-order valence-electron chi connectivity index (χ1n) is 5.52. The van der Waals surface area contributed by atoms with Gasteiger partial charge in [0.05, 0.1) is 7.11 Å². The highest BCUT2D eigenvalue weighted by molar-refractivity contribution is 5.61. The highest BCUT2D eigenvalue weighted by Crippen LogP contribution is 2.32. The predicted molar refractivity (Wildman–Crippen MR) is 62.8 cm³/mol. The van der Waals surface area contributed by atoms with Gasteiger partial charge in [-0.2, -0.15) is 0 Å². The fourth-order valence-electron chi connectivity index (χ4n) is 2.05. The van der Waals surface area contributed by atoms with Crippen LogP contribution < -0.4 is 15.0 Å².